The quantitative estimate of drug-likeness (QED) is 0.775. The summed E-state index contributed by atoms with van der Waals surface area (Å²) >= 11 is 0. The molecule has 1 aromatic carbocycles. The van der Waals surface area contributed by atoms with Crippen molar-refractivity contribution in [2.75, 3.05) is 13.1 Å². The van der Waals surface area contributed by atoms with Gasteiger partial charge in [0.05, 0.1) is 0 Å². The molecule has 0 aromatic heterocycles. The van der Waals surface area contributed by atoms with Crippen LogP contribution < -0.4 is 10.6 Å². The van der Waals surface area contributed by atoms with Gasteiger partial charge in [-0.05, 0) is 39.0 Å². The Morgan fingerprint density at radius 3 is 2.47 bits per heavy atom. The Hall–Kier alpha value is -1.00. The third-order valence-corrected chi connectivity index (χ3v) is 2.28. The Morgan fingerprint density at radius 2 is 1.82 bits per heavy atom. The fraction of sp³-hybridized carbons (Fsp3) is 0.538. The van der Waals surface area contributed by atoms with Gasteiger partial charge in [0.25, 0.3) is 0 Å². The highest BCUT2D eigenvalue weighted by Gasteiger charge is 2.07. The molecule has 0 atom stereocenters. The summed E-state index contributed by atoms with van der Waals surface area (Å²) in [6.07, 6.45) is 0. The molecular formula is C13H20F2N2. The molecule has 0 aliphatic heterocycles. The monoisotopic (exact) mass is 242 g/mol. The first-order chi connectivity index (χ1) is 7.88. The lowest BCUT2D eigenvalue weighted by Crippen LogP contribution is -2.40. The van der Waals surface area contributed by atoms with Crippen LogP contribution in [0.5, 0.6) is 0 Å². The average Bonchev–Trinajstić information content (AvgIpc) is 2.21. The van der Waals surface area contributed by atoms with E-state index in [0.29, 0.717) is 18.7 Å². The van der Waals surface area contributed by atoms with Gasteiger partial charge in [-0.2, -0.15) is 0 Å². The van der Waals surface area contributed by atoms with Crippen LogP contribution in [0.25, 0.3) is 0 Å². The van der Waals surface area contributed by atoms with Gasteiger partial charge in [-0.1, -0.05) is 0 Å². The zero-order valence-electron chi connectivity index (χ0n) is 10.6. The van der Waals surface area contributed by atoms with Crippen molar-refractivity contribution in [2.24, 2.45) is 0 Å². The van der Waals surface area contributed by atoms with Crippen molar-refractivity contribution in [1.29, 1.82) is 0 Å². The van der Waals surface area contributed by atoms with Crippen molar-refractivity contribution in [3.63, 3.8) is 0 Å². The van der Waals surface area contributed by atoms with Gasteiger partial charge < -0.3 is 10.6 Å². The highest BCUT2D eigenvalue weighted by atomic mass is 19.1. The lowest BCUT2D eigenvalue weighted by Gasteiger charge is -2.20. The molecule has 0 aliphatic carbocycles. The van der Waals surface area contributed by atoms with Gasteiger partial charge in [0.2, 0.25) is 0 Å². The highest BCUT2D eigenvalue weighted by Crippen LogP contribution is 2.08. The topological polar surface area (TPSA) is 24.1 Å². The molecule has 1 rings (SSSR count). The maximum atomic E-state index is 13.2. The van der Waals surface area contributed by atoms with E-state index in [1.807, 2.05) is 0 Å². The smallest absolute Gasteiger partial charge is 0.127 e. The number of benzene rings is 1. The molecule has 0 fully saturated rings. The van der Waals surface area contributed by atoms with Crippen molar-refractivity contribution >= 4 is 0 Å². The molecule has 96 valence electrons. The number of rotatable bonds is 5. The lowest BCUT2D eigenvalue weighted by molar-refractivity contribution is 0.420. The van der Waals surface area contributed by atoms with Crippen molar-refractivity contribution in [1.82, 2.24) is 10.6 Å². The first-order valence-electron chi connectivity index (χ1n) is 5.78. The number of hydrogen-bond donors (Lipinski definition) is 2. The Balaban J connectivity index is 2.29. The molecule has 2 N–H and O–H groups in total. The van der Waals surface area contributed by atoms with E-state index in [0.717, 1.165) is 18.7 Å². The zero-order valence-corrected chi connectivity index (χ0v) is 10.6. The highest BCUT2D eigenvalue weighted by molar-refractivity contribution is 5.18. The van der Waals surface area contributed by atoms with Crippen molar-refractivity contribution in [3.05, 3.63) is 35.4 Å². The van der Waals surface area contributed by atoms with E-state index in [1.54, 1.807) is 0 Å². The van der Waals surface area contributed by atoms with E-state index in [1.165, 1.54) is 6.07 Å². The first-order valence-corrected chi connectivity index (χ1v) is 5.78. The third kappa shape index (κ3) is 5.75. The van der Waals surface area contributed by atoms with E-state index in [9.17, 15) is 8.78 Å². The van der Waals surface area contributed by atoms with E-state index < -0.39 is 5.82 Å². The molecule has 2 nitrogen and oxygen atoms in total. The molecule has 0 heterocycles. The Kier molecular flexibility index (Phi) is 5.02. The number of halogens is 2. The van der Waals surface area contributed by atoms with Gasteiger partial charge in [0.1, 0.15) is 11.6 Å². The van der Waals surface area contributed by atoms with Crippen LogP contribution in [0.4, 0.5) is 8.78 Å². The Bertz CT molecular complexity index is 359. The van der Waals surface area contributed by atoms with Crippen molar-refractivity contribution < 1.29 is 8.78 Å². The van der Waals surface area contributed by atoms with E-state index in [4.69, 9.17) is 0 Å². The van der Waals surface area contributed by atoms with Crippen LogP contribution in [0.1, 0.15) is 26.3 Å². The Morgan fingerprint density at radius 1 is 1.12 bits per heavy atom. The van der Waals surface area contributed by atoms with Gasteiger partial charge in [-0.15, -0.1) is 0 Å². The van der Waals surface area contributed by atoms with Crippen LogP contribution in [-0.2, 0) is 6.54 Å². The van der Waals surface area contributed by atoms with Crippen LogP contribution >= 0.6 is 0 Å². The molecule has 0 amide bonds. The molecule has 0 spiro atoms. The van der Waals surface area contributed by atoms with E-state index in [-0.39, 0.29) is 11.4 Å². The summed E-state index contributed by atoms with van der Waals surface area (Å²) in [4.78, 5) is 0. The van der Waals surface area contributed by atoms with Crippen LogP contribution in [0.3, 0.4) is 0 Å². The summed E-state index contributed by atoms with van der Waals surface area (Å²) < 4.78 is 26.1. The van der Waals surface area contributed by atoms with Gasteiger partial charge in [0, 0.05) is 30.7 Å². The summed E-state index contributed by atoms with van der Waals surface area (Å²) in [5.41, 5.74) is 0.437. The molecule has 0 unspecified atom stereocenters. The van der Waals surface area contributed by atoms with Crippen molar-refractivity contribution in [3.8, 4) is 0 Å². The van der Waals surface area contributed by atoms with Crippen LogP contribution in [-0.4, -0.2) is 18.6 Å². The maximum absolute atomic E-state index is 13.2. The second kappa shape index (κ2) is 6.07. The number of hydrogen-bond acceptors (Lipinski definition) is 2. The molecule has 4 heteroatoms. The average molecular weight is 242 g/mol. The first kappa shape index (κ1) is 14.1. The second-order valence-corrected chi connectivity index (χ2v) is 5.09. The molecule has 17 heavy (non-hydrogen) atoms. The van der Waals surface area contributed by atoms with Crippen LogP contribution in [0.2, 0.25) is 0 Å². The minimum Gasteiger partial charge on any atom is -0.311 e. The minimum atomic E-state index is -0.406. The molecule has 0 saturated heterocycles. The summed E-state index contributed by atoms with van der Waals surface area (Å²) in [6.45, 7) is 8.10. The SMILES string of the molecule is CC(C)(C)NCCNCc1cc(F)ccc1F. The van der Waals surface area contributed by atoms with Gasteiger partial charge in [0.15, 0.2) is 0 Å². The summed E-state index contributed by atoms with van der Waals surface area (Å²) in [5.74, 6) is -0.779. The molecule has 0 bridgehead atoms. The molecule has 0 saturated carbocycles. The lowest BCUT2D eigenvalue weighted by atomic mass is 10.1. The van der Waals surface area contributed by atoms with E-state index in [2.05, 4.69) is 31.4 Å². The predicted molar refractivity (Wildman–Crippen MR) is 65.8 cm³/mol. The van der Waals surface area contributed by atoms with Crippen molar-refractivity contribution in [2.45, 2.75) is 32.9 Å². The predicted octanol–water partition coefficient (Wildman–Crippen LogP) is 2.44. The van der Waals surface area contributed by atoms with Gasteiger partial charge in [-0.25, -0.2) is 8.78 Å². The minimum absolute atomic E-state index is 0.0752. The molecular weight excluding hydrogens is 222 g/mol. The summed E-state index contributed by atoms with van der Waals surface area (Å²) in [5, 5.41) is 6.38. The summed E-state index contributed by atoms with van der Waals surface area (Å²) in [6, 6.07) is 3.50. The van der Waals surface area contributed by atoms with Crippen LogP contribution in [0, 0.1) is 11.6 Å². The fourth-order valence-electron chi connectivity index (χ4n) is 1.43. The molecule has 0 aliphatic rings. The second-order valence-electron chi connectivity index (χ2n) is 5.09. The maximum Gasteiger partial charge on any atom is 0.127 e. The van der Waals surface area contributed by atoms with E-state index >= 15 is 0 Å². The normalized spacial score (nSPS) is 11.8. The van der Waals surface area contributed by atoms with Crippen LogP contribution in [0.15, 0.2) is 18.2 Å². The molecule has 1 aromatic rings. The Labute approximate surface area is 101 Å². The zero-order chi connectivity index (χ0) is 12.9. The fourth-order valence-corrected chi connectivity index (χ4v) is 1.43. The van der Waals surface area contributed by atoms with Gasteiger partial charge in [-0.3, -0.25) is 0 Å². The van der Waals surface area contributed by atoms with Gasteiger partial charge >= 0.3 is 0 Å². The number of nitrogens with one attached hydrogen (secondary N) is 2. The standard InChI is InChI=1S/C13H20F2N2/c1-13(2,3)17-7-6-16-9-10-8-11(14)4-5-12(10)15/h4-5,8,16-17H,6-7,9H2,1-3H3. The molecule has 0 radical (unpaired) electrons. The third-order valence-electron chi connectivity index (χ3n) is 2.28. The summed E-state index contributed by atoms with van der Waals surface area (Å²) in [7, 11) is 0. The largest absolute Gasteiger partial charge is 0.311 e.